The van der Waals surface area contributed by atoms with Crippen LogP contribution < -0.4 is 5.32 Å². The van der Waals surface area contributed by atoms with Crippen LogP contribution in [0.1, 0.15) is 91.4 Å². The van der Waals surface area contributed by atoms with Gasteiger partial charge in [-0.2, -0.15) is 0 Å². The van der Waals surface area contributed by atoms with Crippen LogP contribution in [0.25, 0.3) is 0 Å². The lowest BCUT2D eigenvalue weighted by molar-refractivity contribution is -0.142. The number of aliphatic carboxylic acids is 1. The van der Waals surface area contributed by atoms with E-state index in [9.17, 15) is 14.4 Å². The summed E-state index contributed by atoms with van der Waals surface area (Å²) in [5, 5.41) is 11.8. The summed E-state index contributed by atoms with van der Waals surface area (Å²) in [6.45, 7) is 8.21. The van der Waals surface area contributed by atoms with E-state index in [1.807, 2.05) is 20.8 Å². The molecule has 0 spiro atoms. The molecule has 4 atom stereocenters. The number of hydrogen-bond acceptors (Lipinski definition) is 5. The molecule has 1 heterocycles. The third-order valence-corrected chi connectivity index (χ3v) is 7.92. The minimum absolute atomic E-state index is 0.00282. The van der Waals surface area contributed by atoms with Gasteiger partial charge in [-0.1, -0.05) is 19.3 Å². The van der Waals surface area contributed by atoms with Gasteiger partial charge in [-0.05, 0) is 83.5 Å². The largest absolute Gasteiger partial charge is 0.481 e. The van der Waals surface area contributed by atoms with E-state index in [0.29, 0.717) is 30.7 Å². The topological polar surface area (TPSA) is 105 Å². The van der Waals surface area contributed by atoms with Gasteiger partial charge in [-0.25, -0.2) is 4.79 Å². The molecule has 8 heteroatoms. The highest BCUT2D eigenvalue weighted by atomic mass is 16.6. The number of likely N-dealkylation sites (tertiary alicyclic amines) is 1. The van der Waals surface area contributed by atoms with E-state index in [4.69, 9.17) is 14.6 Å². The first kappa shape index (κ1) is 27.8. The summed E-state index contributed by atoms with van der Waals surface area (Å²) in [5.74, 6) is 1.25. The second-order valence-corrected chi connectivity index (χ2v) is 11.8. The van der Waals surface area contributed by atoms with Crippen LogP contribution in [0.15, 0.2) is 0 Å². The van der Waals surface area contributed by atoms with Gasteiger partial charge in [0.25, 0.3) is 0 Å². The van der Waals surface area contributed by atoms with Crippen molar-refractivity contribution in [1.29, 1.82) is 0 Å². The predicted octanol–water partition coefficient (Wildman–Crippen LogP) is 4.61. The molecule has 35 heavy (non-hydrogen) atoms. The summed E-state index contributed by atoms with van der Waals surface area (Å²) < 4.78 is 11.1. The first-order valence-corrected chi connectivity index (χ1v) is 13.7. The number of carboxylic acids is 1. The van der Waals surface area contributed by atoms with Crippen LogP contribution in [0, 0.1) is 23.7 Å². The highest BCUT2D eigenvalue weighted by molar-refractivity contribution is 5.79. The first-order chi connectivity index (χ1) is 16.6. The zero-order valence-electron chi connectivity index (χ0n) is 21.9. The Bertz CT molecular complexity index is 713. The fraction of sp³-hybridized carbons (Fsp3) is 0.889. The van der Waals surface area contributed by atoms with Gasteiger partial charge in [-0.3, -0.25) is 9.59 Å². The molecule has 2 N–H and O–H groups in total. The van der Waals surface area contributed by atoms with Crippen LogP contribution in [0.5, 0.6) is 0 Å². The third-order valence-electron chi connectivity index (χ3n) is 7.92. The van der Waals surface area contributed by atoms with Gasteiger partial charge in [0.2, 0.25) is 5.91 Å². The Morgan fingerprint density at radius 3 is 2.34 bits per heavy atom. The summed E-state index contributed by atoms with van der Waals surface area (Å²) in [5.41, 5.74) is -0.476. The maximum Gasteiger partial charge on any atom is 0.407 e. The molecule has 2 saturated carbocycles. The number of piperidine rings is 1. The minimum atomic E-state index is -0.847. The van der Waals surface area contributed by atoms with E-state index in [1.54, 1.807) is 0 Å². The molecule has 200 valence electrons. The van der Waals surface area contributed by atoms with Crippen molar-refractivity contribution in [3.63, 3.8) is 0 Å². The first-order valence-electron chi connectivity index (χ1n) is 13.7. The molecule has 0 aromatic rings. The Labute approximate surface area is 210 Å². The van der Waals surface area contributed by atoms with E-state index in [2.05, 4.69) is 10.2 Å². The fourth-order valence-corrected chi connectivity index (χ4v) is 6.17. The zero-order chi connectivity index (χ0) is 25.4. The molecule has 2 amide bonds. The normalized spacial score (nSPS) is 28.4. The summed E-state index contributed by atoms with van der Waals surface area (Å²) >= 11 is 0. The lowest BCUT2D eigenvalue weighted by Gasteiger charge is -2.41. The van der Waals surface area contributed by atoms with Crippen molar-refractivity contribution in [1.82, 2.24) is 10.2 Å². The van der Waals surface area contributed by atoms with Crippen LogP contribution in [-0.2, 0) is 19.1 Å². The van der Waals surface area contributed by atoms with Gasteiger partial charge >= 0.3 is 12.1 Å². The predicted molar refractivity (Wildman–Crippen MR) is 133 cm³/mol. The minimum Gasteiger partial charge on any atom is -0.481 e. The number of nitrogens with one attached hydrogen (secondary N) is 1. The van der Waals surface area contributed by atoms with Crippen molar-refractivity contribution in [2.75, 3.05) is 26.2 Å². The van der Waals surface area contributed by atoms with Gasteiger partial charge in [0.05, 0.1) is 19.1 Å². The van der Waals surface area contributed by atoms with Crippen LogP contribution in [-0.4, -0.2) is 65.9 Å². The molecular weight excluding hydrogens is 448 g/mol. The Morgan fingerprint density at radius 2 is 1.66 bits per heavy atom. The Morgan fingerprint density at radius 1 is 0.943 bits per heavy atom. The van der Waals surface area contributed by atoms with Crippen molar-refractivity contribution in [3.05, 3.63) is 0 Å². The molecule has 0 radical (unpaired) electrons. The second kappa shape index (κ2) is 12.9. The van der Waals surface area contributed by atoms with Crippen LogP contribution in [0.2, 0.25) is 0 Å². The van der Waals surface area contributed by atoms with Gasteiger partial charge in [0.15, 0.2) is 0 Å². The molecule has 0 bridgehead atoms. The molecule has 1 saturated heterocycles. The van der Waals surface area contributed by atoms with Crippen LogP contribution in [0.3, 0.4) is 0 Å². The van der Waals surface area contributed by atoms with Gasteiger partial charge in [-0.15, -0.1) is 0 Å². The number of carbonyl (C=O) groups is 3. The summed E-state index contributed by atoms with van der Waals surface area (Å²) in [6, 6.07) is 0. The lowest BCUT2D eigenvalue weighted by Crippen LogP contribution is -2.45. The number of amides is 2. The smallest absolute Gasteiger partial charge is 0.407 e. The fourth-order valence-electron chi connectivity index (χ4n) is 6.17. The van der Waals surface area contributed by atoms with Gasteiger partial charge < -0.3 is 24.8 Å². The summed E-state index contributed by atoms with van der Waals surface area (Å²) in [4.78, 5) is 38.0. The van der Waals surface area contributed by atoms with E-state index in [-0.39, 0.29) is 37.0 Å². The SMILES string of the molecule is CC(C)(C)OC(=O)NCC1CCCC(C2CCN(C(=O)C3CCCC(OCCC(=O)O)C3)CC2)C1. The molecule has 8 nitrogen and oxygen atoms in total. The number of hydrogen-bond donors (Lipinski definition) is 2. The van der Waals surface area contributed by atoms with Crippen molar-refractivity contribution in [2.45, 2.75) is 103 Å². The third kappa shape index (κ3) is 9.28. The maximum absolute atomic E-state index is 13.2. The van der Waals surface area contributed by atoms with E-state index >= 15 is 0 Å². The monoisotopic (exact) mass is 494 g/mol. The molecule has 3 aliphatic rings. The average Bonchev–Trinajstić information content (AvgIpc) is 2.81. The van der Waals surface area contributed by atoms with Crippen LogP contribution in [0.4, 0.5) is 4.79 Å². The van der Waals surface area contributed by atoms with Gasteiger partial charge in [0.1, 0.15) is 5.60 Å². The van der Waals surface area contributed by atoms with Crippen molar-refractivity contribution >= 4 is 18.0 Å². The number of ether oxygens (including phenoxy) is 2. The number of rotatable bonds is 8. The number of nitrogens with zero attached hydrogens (tertiary/aromatic N) is 1. The molecule has 3 rings (SSSR count). The average molecular weight is 495 g/mol. The Hall–Kier alpha value is -1.83. The standard InChI is InChI=1S/C27H46N2O6/c1-27(2,3)35-26(33)28-18-19-6-4-7-21(16-19)20-10-13-29(14-11-20)25(32)22-8-5-9-23(17-22)34-15-12-24(30)31/h19-23H,4-18H2,1-3H3,(H,28,33)(H,30,31). The number of alkyl carbamates (subject to hydrolysis) is 1. The number of carboxylic acid groups (broad SMARTS) is 1. The quantitative estimate of drug-likeness (QED) is 0.511. The van der Waals surface area contributed by atoms with E-state index < -0.39 is 11.6 Å². The molecule has 3 fully saturated rings. The molecule has 1 aliphatic heterocycles. The van der Waals surface area contributed by atoms with E-state index in [0.717, 1.165) is 58.0 Å². The van der Waals surface area contributed by atoms with Crippen LogP contribution >= 0.6 is 0 Å². The number of carbonyl (C=O) groups excluding carboxylic acids is 2. The summed E-state index contributed by atoms with van der Waals surface area (Å²) in [7, 11) is 0. The van der Waals surface area contributed by atoms with Crippen molar-refractivity contribution in [2.24, 2.45) is 23.7 Å². The lowest BCUT2D eigenvalue weighted by atomic mass is 9.72. The maximum atomic E-state index is 13.2. The molecule has 0 aromatic heterocycles. The Kier molecular flexibility index (Phi) is 10.3. The van der Waals surface area contributed by atoms with Crippen molar-refractivity contribution < 1.29 is 29.0 Å². The van der Waals surface area contributed by atoms with E-state index in [1.165, 1.54) is 12.8 Å². The van der Waals surface area contributed by atoms with Crippen molar-refractivity contribution in [3.8, 4) is 0 Å². The molecule has 0 aromatic carbocycles. The zero-order valence-corrected chi connectivity index (χ0v) is 21.9. The molecule has 4 unspecified atom stereocenters. The van der Waals surface area contributed by atoms with Gasteiger partial charge in [0, 0.05) is 25.6 Å². The Balaban J connectivity index is 1.39. The second-order valence-electron chi connectivity index (χ2n) is 11.8. The highest BCUT2D eigenvalue weighted by Gasteiger charge is 2.35. The molecular formula is C27H46N2O6. The summed E-state index contributed by atoms with van der Waals surface area (Å²) in [6.07, 6.45) is 10.1. The molecule has 2 aliphatic carbocycles. The highest BCUT2D eigenvalue weighted by Crippen LogP contribution is 2.39.